The molecule has 2 nitrogen and oxygen atoms in total. The van der Waals surface area contributed by atoms with Crippen molar-refractivity contribution in [1.82, 2.24) is 0 Å². The molecule has 2 atom stereocenters. The lowest BCUT2D eigenvalue weighted by Crippen LogP contribution is -2.18. The van der Waals surface area contributed by atoms with E-state index < -0.39 is 0 Å². The highest BCUT2D eigenvalue weighted by Crippen LogP contribution is 2.27. The van der Waals surface area contributed by atoms with E-state index >= 15 is 0 Å². The molecular weight excluding hydrogens is 274 g/mol. The second-order valence-electron chi connectivity index (χ2n) is 4.14. The molecular formula is C11H14BrNOS. The number of ketones is 1. The summed E-state index contributed by atoms with van der Waals surface area (Å²) in [5, 5.41) is 2.02. The first-order valence-electron chi connectivity index (χ1n) is 5.16. The van der Waals surface area contributed by atoms with Crippen molar-refractivity contribution in [3.05, 3.63) is 20.8 Å². The first-order chi connectivity index (χ1) is 7.15. The van der Waals surface area contributed by atoms with Gasteiger partial charge in [0.25, 0.3) is 0 Å². The summed E-state index contributed by atoms with van der Waals surface area (Å²) in [7, 11) is 0. The summed E-state index contributed by atoms with van der Waals surface area (Å²) in [6, 6.07) is 2.27. The standard InChI is InChI=1S/C11H14BrNOS/c12-8-4-10(15-6-8)5-11(14)7-1-2-9(13)3-7/h4,6-7,9H,1-3,5,13H2. The Morgan fingerprint density at radius 3 is 2.93 bits per heavy atom. The van der Waals surface area contributed by atoms with Gasteiger partial charge in [0.15, 0.2) is 0 Å². The molecule has 1 aromatic rings. The summed E-state index contributed by atoms with van der Waals surface area (Å²) in [6.45, 7) is 0. The normalized spacial score (nSPS) is 25.7. The van der Waals surface area contributed by atoms with Gasteiger partial charge in [-0.3, -0.25) is 4.79 Å². The lowest BCUT2D eigenvalue weighted by molar-refractivity contribution is -0.122. The van der Waals surface area contributed by atoms with Crippen LogP contribution in [0.15, 0.2) is 15.9 Å². The predicted octanol–water partition coefficient (Wildman–Crippen LogP) is 2.75. The largest absolute Gasteiger partial charge is 0.328 e. The lowest BCUT2D eigenvalue weighted by atomic mass is 9.99. The van der Waals surface area contributed by atoms with E-state index in [0.29, 0.717) is 12.2 Å². The Hall–Kier alpha value is -0.190. The molecule has 4 heteroatoms. The Bertz CT molecular complexity index is 363. The molecule has 2 N–H and O–H groups in total. The van der Waals surface area contributed by atoms with Gasteiger partial charge < -0.3 is 5.73 Å². The van der Waals surface area contributed by atoms with E-state index in [1.54, 1.807) is 11.3 Å². The number of hydrogen-bond acceptors (Lipinski definition) is 3. The zero-order valence-corrected chi connectivity index (χ0v) is 10.8. The van der Waals surface area contributed by atoms with Crippen molar-refractivity contribution in [2.45, 2.75) is 31.7 Å². The van der Waals surface area contributed by atoms with Crippen LogP contribution in [0.2, 0.25) is 0 Å². The van der Waals surface area contributed by atoms with Crippen LogP contribution in [0.1, 0.15) is 24.1 Å². The Kier molecular flexibility index (Phi) is 3.59. The molecule has 0 amide bonds. The topological polar surface area (TPSA) is 43.1 Å². The molecule has 1 aromatic heterocycles. The van der Waals surface area contributed by atoms with Gasteiger partial charge in [0, 0.05) is 33.1 Å². The zero-order chi connectivity index (χ0) is 10.8. The van der Waals surface area contributed by atoms with Crippen molar-refractivity contribution in [2.75, 3.05) is 0 Å². The molecule has 0 aliphatic heterocycles. The van der Waals surface area contributed by atoms with Gasteiger partial charge in [-0.25, -0.2) is 0 Å². The molecule has 1 aliphatic rings. The highest BCUT2D eigenvalue weighted by Gasteiger charge is 2.27. The Morgan fingerprint density at radius 2 is 2.40 bits per heavy atom. The van der Waals surface area contributed by atoms with Gasteiger partial charge in [0.2, 0.25) is 0 Å². The number of carbonyl (C=O) groups excluding carboxylic acids is 1. The van der Waals surface area contributed by atoms with Crippen molar-refractivity contribution in [3.63, 3.8) is 0 Å². The molecule has 0 bridgehead atoms. The summed E-state index contributed by atoms with van der Waals surface area (Å²) in [5.41, 5.74) is 5.80. The zero-order valence-electron chi connectivity index (χ0n) is 8.41. The fraction of sp³-hybridized carbons (Fsp3) is 0.545. The minimum atomic E-state index is 0.209. The molecule has 82 valence electrons. The van der Waals surface area contributed by atoms with E-state index in [1.807, 2.05) is 11.4 Å². The SMILES string of the molecule is NC1CCC(C(=O)Cc2cc(Br)cs2)C1. The number of hydrogen-bond donors (Lipinski definition) is 1. The number of halogens is 1. The minimum Gasteiger partial charge on any atom is -0.328 e. The average molecular weight is 288 g/mol. The second kappa shape index (κ2) is 4.76. The summed E-state index contributed by atoms with van der Waals surface area (Å²) in [5.74, 6) is 0.568. The number of rotatable bonds is 3. The molecule has 1 fully saturated rings. The predicted molar refractivity (Wildman–Crippen MR) is 66.0 cm³/mol. The summed E-state index contributed by atoms with van der Waals surface area (Å²) in [6.07, 6.45) is 3.44. The fourth-order valence-electron chi connectivity index (χ4n) is 2.07. The van der Waals surface area contributed by atoms with Gasteiger partial charge in [-0.05, 0) is 41.3 Å². The van der Waals surface area contributed by atoms with Gasteiger partial charge >= 0.3 is 0 Å². The number of nitrogens with two attached hydrogens (primary N) is 1. The van der Waals surface area contributed by atoms with Crippen LogP contribution in [-0.2, 0) is 11.2 Å². The first kappa shape index (κ1) is 11.3. The summed E-state index contributed by atoms with van der Waals surface area (Å²) in [4.78, 5) is 13.1. The van der Waals surface area contributed by atoms with Crippen LogP contribution in [0.3, 0.4) is 0 Å². The lowest BCUT2D eigenvalue weighted by Gasteiger charge is -2.06. The van der Waals surface area contributed by atoms with Crippen LogP contribution in [0.25, 0.3) is 0 Å². The maximum absolute atomic E-state index is 11.9. The number of Topliss-reactive ketones (excluding diaryl/α,β-unsaturated/α-hetero) is 1. The number of carbonyl (C=O) groups is 1. The molecule has 2 unspecified atom stereocenters. The van der Waals surface area contributed by atoms with Crippen LogP contribution in [0.5, 0.6) is 0 Å². The Morgan fingerprint density at radius 1 is 1.60 bits per heavy atom. The quantitative estimate of drug-likeness (QED) is 0.929. The third-order valence-electron chi connectivity index (χ3n) is 2.90. The van der Waals surface area contributed by atoms with Gasteiger partial charge in [-0.1, -0.05) is 0 Å². The van der Waals surface area contributed by atoms with Gasteiger partial charge in [-0.2, -0.15) is 0 Å². The van der Waals surface area contributed by atoms with Crippen LogP contribution in [0, 0.1) is 5.92 Å². The monoisotopic (exact) mass is 287 g/mol. The van der Waals surface area contributed by atoms with Crippen molar-refractivity contribution in [2.24, 2.45) is 11.7 Å². The Labute approximate surface area is 102 Å². The molecule has 0 saturated heterocycles. The van der Waals surface area contributed by atoms with E-state index in [1.165, 1.54) is 0 Å². The van der Waals surface area contributed by atoms with Crippen LogP contribution in [-0.4, -0.2) is 11.8 Å². The van der Waals surface area contributed by atoms with Crippen LogP contribution < -0.4 is 5.73 Å². The number of thiophene rings is 1. The molecule has 0 radical (unpaired) electrons. The summed E-state index contributed by atoms with van der Waals surface area (Å²) < 4.78 is 1.07. The first-order valence-corrected chi connectivity index (χ1v) is 6.83. The van der Waals surface area contributed by atoms with Crippen molar-refractivity contribution < 1.29 is 4.79 Å². The van der Waals surface area contributed by atoms with Crippen LogP contribution >= 0.6 is 27.3 Å². The van der Waals surface area contributed by atoms with E-state index in [2.05, 4.69) is 15.9 Å². The highest BCUT2D eigenvalue weighted by molar-refractivity contribution is 9.10. The van der Waals surface area contributed by atoms with E-state index in [0.717, 1.165) is 28.6 Å². The molecule has 15 heavy (non-hydrogen) atoms. The van der Waals surface area contributed by atoms with Crippen molar-refractivity contribution >= 4 is 33.0 Å². The van der Waals surface area contributed by atoms with Crippen molar-refractivity contribution in [3.8, 4) is 0 Å². The summed E-state index contributed by atoms with van der Waals surface area (Å²) >= 11 is 5.03. The van der Waals surface area contributed by atoms with E-state index in [-0.39, 0.29) is 12.0 Å². The third kappa shape index (κ3) is 2.89. The van der Waals surface area contributed by atoms with Gasteiger partial charge in [-0.15, -0.1) is 11.3 Å². The molecule has 1 heterocycles. The third-order valence-corrected chi connectivity index (χ3v) is 4.60. The van der Waals surface area contributed by atoms with E-state index in [4.69, 9.17) is 5.73 Å². The van der Waals surface area contributed by atoms with Crippen molar-refractivity contribution in [1.29, 1.82) is 0 Å². The molecule has 1 saturated carbocycles. The fourth-order valence-corrected chi connectivity index (χ4v) is 3.53. The van der Waals surface area contributed by atoms with E-state index in [9.17, 15) is 4.79 Å². The molecule has 0 aromatic carbocycles. The minimum absolute atomic E-state index is 0.209. The smallest absolute Gasteiger partial charge is 0.141 e. The average Bonchev–Trinajstić information content (AvgIpc) is 2.75. The van der Waals surface area contributed by atoms with Gasteiger partial charge in [0.1, 0.15) is 5.78 Å². The Balaban J connectivity index is 1.92. The maximum atomic E-state index is 11.9. The molecule has 2 rings (SSSR count). The van der Waals surface area contributed by atoms with Crippen LogP contribution in [0.4, 0.5) is 0 Å². The molecule has 1 aliphatic carbocycles. The maximum Gasteiger partial charge on any atom is 0.141 e. The highest BCUT2D eigenvalue weighted by atomic mass is 79.9. The van der Waals surface area contributed by atoms with Gasteiger partial charge in [0.05, 0.1) is 0 Å². The molecule has 0 spiro atoms. The second-order valence-corrected chi connectivity index (χ2v) is 6.06.